The van der Waals surface area contributed by atoms with E-state index in [1.165, 1.54) is 4.79 Å². The van der Waals surface area contributed by atoms with Crippen molar-refractivity contribution >= 4 is 5.95 Å². The number of nitrogens with two attached hydrogens (primary N) is 1. The summed E-state index contributed by atoms with van der Waals surface area (Å²) in [4.78, 5) is 1.31. The predicted octanol–water partition coefficient (Wildman–Crippen LogP) is 0.00760. The summed E-state index contributed by atoms with van der Waals surface area (Å²) < 4.78 is 5.21. The summed E-state index contributed by atoms with van der Waals surface area (Å²) in [5.74, 6) is 1.02. The Balaban J connectivity index is 2.07. The van der Waals surface area contributed by atoms with Crippen molar-refractivity contribution in [2.24, 2.45) is 0 Å². The first-order valence-electron chi connectivity index (χ1n) is 4.71. The van der Waals surface area contributed by atoms with Gasteiger partial charge in [0.15, 0.2) is 0 Å². The maximum absolute atomic E-state index is 5.51. The third-order valence-electron chi connectivity index (χ3n) is 2.11. The number of aromatic nitrogens is 4. The Kier molecular flexibility index (Phi) is 2.86. The molecule has 0 fully saturated rings. The van der Waals surface area contributed by atoms with Crippen LogP contribution in [0.3, 0.4) is 0 Å². The Labute approximate surface area is 92.2 Å². The zero-order valence-electron chi connectivity index (χ0n) is 8.79. The predicted molar refractivity (Wildman–Crippen MR) is 58.3 cm³/mol. The molecule has 0 aliphatic carbocycles. The molecule has 0 bridgehead atoms. The fraction of sp³-hybridized carbons (Fsp3) is 0.222. The van der Waals surface area contributed by atoms with Crippen molar-refractivity contribution in [3.05, 3.63) is 29.8 Å². The van der Waals surface area contributed by atoms with E-state index >= 15 is 0 Å². The van der Waals surface area contributed by atoms with Gasteiger partial charge in [-0.05, 0) is 16.5 Å². The number of ether oxygens (including phenoxy) is 1. The van der Waals surface area contributed by atoms with Gasteiger partial charge in [0.05, 0.1) is 13.7 Å². The third kappa shape index (κ3) is 2.02. The molecule has 84 valence electrons. The fourth-order valence-electron chi connectivity index (χ4n) is 1.32. The molecule has 2 rings (SSSR count). The van der Waals surface area contributed by atoms with Crippen molar-refractivity contribution in [1.29, 1.82) is 0 Å². The highest BCUT2D eigenvalue weighted by atomic mass is 16.5. The molecule has 7 nitrogen and oxygen atoms in total. The Hall–Kier alpha value is -2.31. The van der Waals surface area contributed by atoms with Crippen LogP contribution in [0.1, 0.15) is 5.56 Å². The molecule has 16 heavy (non-hydrogen) atoms. The SMILES string of the molecule is COc1ccccc1CNn1nnnc1N. The second-order valence-electron chi connectivity index (χ2n) is 3.10. The van der Waals surface area contributed by atoms with E-state index in [1.54, 1.807) is 7.11 Å². The monoisotopic (exact) mass is 220 g/mol. The number of anilines is 1. The van der Waals surface area contributed by atoms with Crippen molar-refractivity contribution in [3.8, 4) is 5.75 Å². The van der Waals surface area contributed by atoms with Crippen LogP contribution >= 0.6 is 0 Å². The van der Waals surface area contributed by atoms with Crippen molar-refractivity contribution in [1.82, 2.24) is 20.3 Å². The summed E-state index contributed by atoms with van der Waals surface area (Å²) in [5, 5.41) is 10.6. The van der Waals surface area contributed by atoms with E-state index in [0.29, 0.717) is 6.54 Å². The number of hydrogen-bond acceptors (Lipinski definition) is 6. The molecule has 1 aromatic heterocycles. The van der Waals surface area contributed by atoms with Crippen LogP contribution in [0.5, 0.6) is 5.75 Å². The van der Waals surface area contributed by atoms with Crippen LogP contribution in [0.15, 0.2) is 24.3 Å². The molecular formula is C9H12N6O. The van der Waals surface area contributed by atoms with E-state index in [9.17, 15) is 0 Å². The Morgan fingerprint density at radius 3 is 2.94 bits per heavy atom. The van der Waals surface area contributed by atoms with Gasteiger partial charge in [-0.1, -0.05) is 23.3 Å². The molecule has 0 aliphatic heterocycles. The standard InChI is InChI=1S/C9H12N6O/c1-16-8-5-3-2-4-7(8)6-11-15-9(10)12-13-14-15/h2-5,11H,6H2,1H3,(H2,10,12,14). The second kappa shape index (κ2) is 4.47. The molecule has 7 heteroatoms. The molecule has 0 aliphatic rings. The first-order valence-corrected chi connectivity index (χ1v) is 4.71. The van der Waals surface area contributed by atoms with Crippen molar-refractivity contribution in [3.63, 3.8) is 0 Å². The normalized spacial score (nSPS) is 10.1. The van der Waals surface area contributed by atoms with Gasteiger partial charge in [0.2, 0.25) is 0 Å². The molecule has 0 unspecified atom stereocenters. The molecule has 0 amide bonds. The van der Waals surface area contributed by atoms with Gasteiger partial charge in [-0.3, -0.25) is 0 Å². The average Bonchev–Trinajstić information content (AvgIpc) is 2.72. The molecular weight excluding hydrogens is 208 g/mol. The number of methoxy groups -OCH3 is 1. The van der Waals surface area contributed by atoms with Crippen molar-refractivity contribution in [2.75, 3.05) is 18.3 Å². The van der Waals surface area contributed by atoms with Crippen molar-refractivity contribution < 1.29 is 4.74 Å². The largest absolute Gasteiger partial charge is 0.496 e. The summed E-state index contributed by atoms with van der Waals surface area (Å²) in [5.41, 5.74) is 9.47. The minimum Gasteiger partial charge on any atom is -0.496 e. The molecule has 1 aromatic carbocycles. The zero-order valence-corrected chi connectivity index (χ0v) is 8.79. The summed E-state index contributed by atoms with van der Waals surface area (Å²) >= 11 is 0. The van der Waals surface area contributed by atoms with E-state index in [1.807, 2.05) is 24.3 Å². The van der Waals surface area contributed by atoms with Gasteiger partial charge in [0.25, 0.3) is 5.95 Å². The lowest BCUT2D eigenvalue weighted by Crippen LogP contribution is -2.18. The average molecular weight is 220 g/mol. The van der Waals surface area contributed by atoms with Gasteiger partial charge in [0.1, 0.15) is 5.75 Å². The maximum Gasteiger partial charge on any atom is 0.260 e. The van der Waals surface area contributed by atoms with Gasteiger partial charge in [-0.25, -0.2) is 0 Å². The maximum atomic E-state index is 5.51. The Morgan fingerprint density at radius 1 is 1.44 bits per heavy atom. The van der Waals surface area contributed by atoms with Crippen LogP contribution in [0.4, 0.5) is 5.95 Å². The van der Waals surface area contributed by atoms with Gasteiger partial charge in [-0.2, -0.15) is 0 Å². The molecule has 0 spiro atoms. The van der Waals surface area contributed by atoms with E-state index in [0.717, 1.165) is 11.3 Å². The van der Waals surface area contributed by atoms with Crippen LogP contribution in [-0.2, 0) is 6.54 Å². The quantitative estimate of drug-likeness (QED) is 0.754. The highest BCUT2D eigenvalue weighted by Crippen LogP contribution is 2.16. The van der Waals surface area contributed by atoms with Crippen LogP contribution in [0.2, 0.25) is 0 Å². The number of para-hydroxylation sites is 1. The van der Waals surface area contributed by atoms with Crippen LogP contribution in [-0.4, -0.2) is 27.4 Å². The van der Waals surface area contributed by atoms with Crippen LogP contribution in [0.25, 0.3) is 0 Å². The Bertz CT molecular complexity index is 469. The molecule has 0 saturated carbocycles. The van der Waals surface area contributed by atoms with Gasteiger partial charge < -0.3 is 15.9 Å². The Morgan fingerprint density at radius 2 is 2.25 bits per heavy atom. The van der Waals surface area contributed by atoms with E-state index in [4.69, 9.17) is 10.5 Å². The third-order valence-corrected chi connectivity index (χ3v) is 2.11. The minimum absolute atomic E-state index is 0.217. The van der Waals surface area contributed by atoms with Crippen molar-refractivity contribution in [2.45, 2.75) is 6.54 Å². The van der Waals surface area contributed by atoms with E-state index in [2.05, 4.69) is 21.0 Å². The first kappa shape index (κ1) is 10.2. The number of tetrazole rings is 1. The second-order valence-corrected chi connectivity index (χ2v) is 3.10. The number of benzene rings is 1. The zero-order chi connectivity index (χ0) is 11.4. The molecule has 0 atom stereocenters. The highest BCUT2D eigenvalue weighted by Gasteiger charge is 2.03. The molecule has 3 N–H and O–H groups in total. The number of hydrogen-bond donors (Lipinski definition) is 2. The van der Waals surface area contributed by atoms with E-state index in [-0.39, 0.29) is 5.95 Å². The number of rotatable bonds is 4. The molecule has 2 aromatic rings. The fourth-order valence-corrected chi connectivity index (χ4v) is 1.32. The van der Waals surface area contributed by atoms with Crippen LogP contribution < -0.4 is 15.9 Å². The summed E-state index contributed by atoms with van der Waals surface area (Å²) in [6, 6.07) is 7.68. The topological polar surface area (TPSA) is 90.9 Å². The molecule has 0 saturated heterocycles. The minimum atomic E-state index is 0.217. The first-order chi connectivity index (χ1) is 7.81. The van der Waals surface area contributed by atoms with Gasteiger partial charge >= 0.3 is 0 Å². The molecule has 0 radical (unpaired) electrons. The highest BCUT2D eigenvalue weighted by molar-refractivity contribution is 5.33. The molecule has 1 heterocycles. The number of nitrogens with zero attached hydrogens (tertiary/aromatic N) is 4. The summed E-state index contributed by atoms with van der Waals surface area (Å²) in [6.07, 6.45) is 0. The number of nitrogens with one attached hydrogen (secondary N) is 1. The lowest BCUT2D eigenvalue weighted by atomic mass is 10.2. The van der Waals surface area contributed by atoms with Gasteiger partial charge in [0, 0.05) is 5.56 Å². The van der Waals surface area contributed by atoms with Gasteiger partial charge in [-0.15, -0.1) is 4.79 Å². The van der Waals surface area contributed by atoms with Crippen LogP contribution in [0, 0.1) is 0 Å². The summed E-state index contributed by atoms with van der Waals surface area (Å²) in [7, 11) is 1.63. The van der Waals surface area contributed by atoms with E-state index < -0.39 is 0 Å². The lowest BCUT2D eigenvalue weighted by Gasteiger charge is -2.09. The number of nitrogen functional groups attached to an aromatic ring is 1. The smallest absolute Gasteiger partial charge is 0.260 e. The lowest BCUT2D eigenvalue weighted by molar-refractivity contribution is 0.409. The summed E-state index contributed by atoms with van der Waals surface area (Å²) in [6.45, 7) is 0.527.